The van der Waals surface area contributed by atoms with Crippen LogP contribution in [0.5, 0.6) is 0 Å². The lowest BCUT2D eigenvalue weighted by atomic mass is 9.63. The minimum Gasteiger partial charge on any atom is -0.355 e. The lowest BCUT2D eigenvalue weighted by Gasteiger charge is -2.43. The molecule has 8 heteroatoms. The SMILES string of the molecule is C=C(Nc1ccc(F)c(Cl)c1)c1ccc(F)c(S(=O)(=O)N2CCCC(C3CCC3)C(C)(C)C2)c1. The molecule has 0 spiro atoms. The van der Waals surface area contributed by atoms with Gasteiger partial charge in [0.05, 0.1) is 5.02 Å². The van der Waals surface area contributed by atoms with Gasteiger partial charge in [-0.25, -0.2) is 17.2 Å². The number of hydrogen-bond acceptors (Lipinski definition) is 3. The topological polar surface area (TPSA) is 49.4 Å². The molecule has 1 aliphatic heterocycles. The standard InChI is InChI=1S/C26H31ClF2N2O2S/c1-17(30-20-10-12-23(28)22(27)15-20)19-9-11-24(29)25(14-19)34(32,33)31-13-5-8-21(18-6-4-7-18)26(2,3)16-31/h9-12,14-15,18,21,30H,1,4-8,13,16H2,2-3H3. The summed E-state index contributed by atoms with van der Waals surface area (Å²) < 4.78 is 56.9. The van der Waals surface area contributed by atoms with Gasteiger partial charge in [-0.05, 0) is 72.1 Å². The maximum Gasteiger partial charge on any atom is 0.246 e. The third kappa shape index (κ3) is 5.02. The Morgan fingerprint density at radius 2 is 1.79 bits per heavy atom. The Hall–Kier alpha value is -1.96. The fraction of sp³-hybridized carbons (Fsp3) is 0.462. The maximum atomic E-state index is 14.9. The molecule has 2 aromatic carbocycles. The summed E-state index contributed by atoms with van der Waals surface area (Å²) in [6, 6.07) is 8.04. The van der Waals surface area contributed by atoms with Crippen molar-refractivity contribution in [3.05, 3.63) is 65.2 Å². The van der Waals surface area contributed by atoms with Crippen molar-refractivity contribution < 1.29 is 17.2 Å². The highest BCUT2D eigenvalue weighted by atomic mass is 35.5. The second-order valence-corrected chi connectivity index (χ2v) is 12.5. The second kappa shape index (κ2) is 9.59. The minimum atomic E-state index is -4.05. The van der Waals surface area contributed by atoms with E-state index in [9.17, 15) is 17.2 Å². The first-order valence-corrected chi connectivity index (χ1v) is 13.5. The number of benzene rings is 2. The first-order chi connectivity index (χ1) is 16.0. The summed E-state index contributed by atoms with van der Waals surface area (Å²) in [5.74, 6) is -0.205. The van der Waals surface area contributed by atoms with E-state index < -0.39 is 21.7 Å². The summed E-state index contributed by atoms with van der Waals surface area (Å²) in [5.41, 5.74) is 1.07. The van der Waals surface area contributed by atoms with Crippen LogP contribution in [0.2, 0.25) is 5.02 Å². The number of hydrogen-bond donors (Lipinski definition) is 1. The Bertz CT molecular complexity index is 1200. The summed E-state index contributed by atoms with van der Waals surface area (Å²) in [6.07, 6.45) is 5.44. The van der Waals surface area contributed by atoms with Gasteiger partial charge >= 0.3 is 0 Å². The number of rotatable bonds is 6. The van der Waals surface area contributed by atoms with Crippen molar-refractivity contribution in [2.45, 2.75) is 50.8 Å². The zero-order valence-corrected chi connectivity index (χ0v) is 21.2. The quantitative estimate of drug-likeness (QED) is 0.460. The van der Waals surface area contributed by atoms with Crippen LogP contribution in [0.15, 0.2) is 47.9 Å². The highest BCUT2D eigenvalue weighted by Gasteiger charge is 2.43. The number of nitrogens with one attached hydrogen (secondary N) is 1. The second-order valence-electron chi connectivity index (χ2n) is 10.1. The summed E-state index contributed by atoms with van der Waals surface area (Å²) in [7, 11) is -4.05. The van der Waals surface area contributed by atoms with Gasteiger partial charge in [-0.1, -0.05) is 51.3 Å². The monoisotopic (exact) mass is 508 g/mol. The number of nitrogens with zero attached hydrogens (tertiary/aromatic N) is 1. The van der Waals surface area contributed by atoms with Gasteiger partial charge in [0.25, 0.3) is 0 Å². The van der Waals surface area contributed by atoms with Crippen molar-refractivity contribution in [2.75, 3.05) is 18.4 Å². The molecule has 0 radical (unpaired) electrons. The summed E-state index contributed by atoms with van der Waals surface area (Å²) >= 11 is 5.84. The van der Waals surface area contributed by atoms with Gasteiger partial charge in [0, 0.05) is 24.5 Å². The van der Waals surface area contributed by atoms with Gasteiger partial charge < -0.3 is 5.32 Å². The van der Waals surface area contributed by atoms with E-state index in [0.29, 0.717) is 41.9 Å². The van der Waals surface area contributed by atoms with E-state index in [1.807, 2.05) is 0 Å². The molecule has 0 amide bonds. The van der Waals surface area contributed by atoms with E-state index in [0.717, 1.165) is 18.9 Å². The molecule has 1 saturated heterocycles. The predicted molar refractivity (Wildman–Crippen MR) is 133 cm³/mol. The van der Waals surface area contributed by atoms with Crippen molar-refractivity contribution >= 4 is 33.0 Å². The van der Waals surface area contributed by atoms with Crippen molar-refractivity contribution in [1.29, 1.82) is 0 Å². The van der Waals surface area contributed by atoms with Gasteiger partial charge in [-0.2, -0.15) is 4.31 Å². The van der Waals surface area contributed by atoms with Gasteiger partial charge in [0.2, 0.25) is 10.0 Å². The van der Waals surface area contributed by atoms with Crippen molar-refractivity contribution in [2.24, 2.45) is 17.3 Å². The molecule has 1 atom stereocenters. The molecule has 184 valence electrons. The van der Waals surface area contributed by atoms with E-state index in [1.54, 1.807) is 0 Å². The largest absolute Gasteiger partial charge is 0.355 e. The van der Waals surface area contributed by atoms with Crippen LogP contribution in [-0.2, 0) is 10.0 Å². The van der Waals surface area contributed by atoms with Crippen LogP contribution >= 0.6 is 11.6 Å². The fourth-order valence-electron chi connectivity index (χ4n) is 5.30. The van der Waals surface area contributed by atoms with E-state index >= 15 is 0 Å². The Labute approximate surface area is 206 Å². The smallest absolute Gasteiger partial charge is 0.246 e. The molecule has 2 aliphatic rings. The van der Waals surface area contributed by atoms with E-state index in [4.69, 9.17) is 11.6 Å². The number of anilines is 1. The lowest BCUT2D eigenvalue weighted by Crippen LogP contribution is -2.42. The molecule has 1 aliphatic carbocycles. The minimum absolute atomic E-state index is 0.0517. The Morgan fingerprint density at radius 1 is 1.09 bits per heavy atom. The predicted octanol–water partition coefficient (Wildman–Crippen LogP) is 6.93. The molecule has 1 saturated carbocycles. The van der Waals surface area contributed by atoms with Crippen LogP contribution in [-0.4, -0.2) is 25.8 Å². The molecule has 4 rings (SSSR count). The molecule has 0 bridgehead atoms. The molecule has 1 N–H and O–H groups in total. The average molecular weight is 509 g/mol. The number of sulfonamides is 1. The number of halogens is 3. The molecule has 1 heterocycles. The van der Waals surface area contributed by atoms with Crippen molar-refractivity contribution in [3.8, 4) is 0 Å². The normalized spacial score (nSPS) is 21.5. The van der Waals surface area contributed by atoms with Gasteiger partial charge in [0.15, 0.2) is 0 Å². The highest BCUT2D eigenvalue weighted by molar-refractivity contribution is 7.89. The van der Waals surface area contributed by atoms with Crippen LogP contribution in [0.25, 0.3) is 5.70 Å². The third-order valence-electron chi connectivity index (χ3n) is 7.34. The van der Waals surface area contributed by atoms with Crippen LogP contribution in [0.1, 0.15) is 51.5 Å². The average Bonchev–Trinajstić information content (AvgIpc) is 2.88. The summed E-state index contributed by atoms with van der Waals surface area (Å²) in [6.45, 7) is 8.96. The molecular formula is C26H31ClF2N2O2S. The van der Waals surface area contributed by atoms with Gasteiger partial charge in [-0.15, -0.1) is 0 Å². The highest BCUT2D eigenvalue weighted by Crippen LogP contribution is 2.47. The summed E-state index contributed by atoms with van der Waals surface area (Å²) in [4.78, 5) is -0.358. The molecule has 2 aromatic rings. The third-order valence-corrected chi connectivity index (χ3v) is 9.49. The maximum absolute atomic E-state index is 14.9. The molecule has 0 aromatic heterocycles. The summed E-state index contributed by atoms with van der Waals surface area (Å²) in [5, 5.41) is 2.93. The zero-order chi connectivity index (χ0) is 24.7. The van der Waals surface area contributed by atoms with E-state index in [1.165, 1.54) is 53.9 Å². The first-order valence-electron chi connectivity index (χ1n) is 11.7. The van der Waals surface area contributed by atoms with Crippen LogP contribution in [0.3, 0.4) is 0 Å². The van der Waals surface area contributed by atoms with E-state index in [2.05, 4.69) is 25.7 Å². The van der Waals surface area contributed by atoms with Crippen LogP contribution in [0, 0.1) is 28.9 Å². The molecule has 1 unspecified atom stereocenters. The van der Waals surface area contributed by atoms with Crippen LogP contribution < -0.4 is 5.32 Å². The Kier molecular flexibility index (Phi) is 7.09. The lowest BCUT2D eigenvalue weighted by molar-refractivity contribution is 0.0761. The Morgan fingerprint density at radius 3 is 2.44 bits per heavy atom. The molecular weight excluding hydrogens is 478 g/mol. The van der Waals surface area contributed by atoms with Crippen LogP contribution in [0.4, 0.5) is 14.5 Å². The van der Waals surface area contributed by atoms with Crippen molar-refractivity contribution in [3.63, 3.8) is 0 Å². The van der Waals surface area contributed by atoms with E-state index in [-0.39, 0.29) is 15.3 Å². The fourth-order valence-corrected chi connectivity index (χ4v) is 7.22. The van der Waals surface area contributed by atoms with Gasteiger partial charge in [-0.3, -0.25) is 0 Å². The first kappa shape index (κ1) is 25.1. The Balaban J connectivity index is 1.58. The molecule has 34 heavy (non-hydrogen) atoms. The van der Waals surface area contributed by atoms with Crippen molar-refractivity contribution in [1.82, 2.24) is 4.31 Å². The molecule has 2 fully saturated rings. The molecule has 4 nitrogen and oxygen atoms in total. The van der Waals surface area contributed by atoms with Gasteiger partial charge in [0.1, 0.15) is 16.5 Å². The zero-order valence-electron chi connectivity index (χ0n) is 19.6.